The Morgan fingerprint density at radius 1 is 1.24 bits per heavy atom. The molecule has 1 aromatic carbocycles. The highest BCUT2D eigenvalue weighted by atomic mass is 19.4. The number of likely N-dealkylation sites (N-methyl/N-ethyl adjacent to an activating group) is 1. The number of pyridine rings is 1. The van der Waals surface area contributed by atoms with Crippen LogP contribution in [0.5, 0.6) is 0 Å². The van der Waals surface area contributed by atoms with Gasteiger partial charge in [0, 0.05) is 31.4 Å². The van der Waals surface area contributed by atoms with Gasteiger partial charge in [0.1, 0.15) is 0 Å². The van der Waals surface area contributed by atoms with Gasteiger partial charge in [-0.1, -0.05) is 18.2 Å². The molecule has 0 fully saturated rings. The second-order valence-electron chi connectivity index (χ2n) is 6.21. The molecule has 1 unspecified atom stereocenters. The average Bonchev–Trinajstić information content (AvgIpc) is 2.53. The van der Waals surface area contributed by atoms with Crippen LogP contribution < -0.4 is 0 Å². The maximum Gasteiger partial charge on any atom is 0.416 e. The molecule has 1 heterocycles. The number of carbonyl (C=O) groups is 1. The van der Waals surface area contributed by atoms with E-state index in [1.54, 1.807) is 13.2 Å². The molecule has 1 aromatic heterocycles. The van der Waals surface area contributed by atoms with Gasteiger partial charge in [0.2, 0.25) is 5.91 Å². The van der Waals surface area contributed by atoms with E-state index in [-0.39, 0.29) is 23.9 Å². The van der Waals surface area contributed by atoms with Crippen molar-refractivity contribution >= 4 is 5.91 Å². The fourth-order valence-corrected chi connectivity index (χ4v) is 2.63. The Kier molecular flexibility index (Phi) is 5.82. The van der Waals surface area contributed by atoms with Crippen LogP contribution in [-0.2, 0) is 23.8 Å². The molecule has 0 saturated heterocycles. The van der Waals surface area contributed by atoms with Crippen molar-refractivity contribution < 1.29 is 18.0 Å². The Hall–Kier alpha value is -2.37. The van der Waals surface area contributed by atoms with Crippen molar-refractivity contribution in [2.45, 2.75) is 38.9 Å². The Morgan fingerprint density at radius 2 is 1.92 bits per heavy atom. The molecule has 0 aliphatic carbocycles. The van der Waals surface area contributed by atoms with E-state index in [4.69, 9.17) is 0 Å². The number of hydrogen-bond donors (Lipinski definition) is 0. The normalized spacial score (nSPS) is 12.7. The molecule has 2 aromatic rings. The van der Waals surface area contributed by atoms with E-state index in [1.807, 2.05) is 26.0 Å². The molecule has 0 aliphatic rings. The number of rotatable bonds is 5. The summed E-state index contributed by atoms with van der Waals surface area (Å²) in [6, 6.07) is 8.85. The molecule has 0 saturated carbocycles. The maximum atomic E-state index is 13.1. The van der Waals surface area contributed by atoms with E-state index >= 15 is 0 Å². The smallest absolute Gasteiger partial charge is 0.342 e. The third kappa shape index (κ3) is 5.05. The summed E-state index contributed by atoms with van der Waals surface area (Å²) in [5, 5.41) is 0. The molecule has 2 rings (SSSR count). The van der Waals surface area contributed by atoms with Crippen LogP contribution in [0.4, 0.5) is 13.2 Å². The molecule has 25 heavy (non-hydrogen) atoms. The van der Waals surface area contributed by atoms with Crippen LogP contribution in [0.15, 0.2) is 42.6 Å². The highest BCUT2D eigenvalue weighted by Crippen LogP contribution is 2.32. The number of aromatic nitrogens is 1. The standard InChI is InChI=1S/C19H21F3N2O/c1-13-8-9-23-16(10-13)11-14(2)24(3)18(25)12-15-6-4-5-7-17(15)19(20,21)22/h4-10,14H,11-12H2,1-3H3. The summed E-state index contributed by atoms with van der Waals surface area (Å²) < 4.78 is 39.2. The van der Waals surface area contributed by atoms with Crippen LogP contribution >= 0.6 is 0 Å². The zero-order valence-electron chi connectivity index (χ0n) is 14.5. The number of hydrogen-bond acceptors (Lipinski definition) is 2. The van der Waals surface area contributed by atoms with Gasteiger partial charge in [-0.15, -0.1) is 0 Å². The Morgan fingerprint density at radius 3 is 2.56 bits per heavy atom. The van der Waals surface area contributed by atoms with Gasteiger partial charge in [-0.3, -0.25) is 9.78 Å². The Bertz CT molecular complexity index is 743. The van der Waals surface area contributed by atoms with Crippen LogP contribution in [0.2, 0.25) is 0 Å². The summed E-state index contributed by atoms with van der Waals surface area (Å²) in [5.41, 5.74) is 1.16. The minimum absolute atomic E-state index is 0.00673. The van der Waals surface area contributed by atoms with Gasteiger partial charge >= 0.3 is 6.18 Å². The quantitative estimate of drug-likeness (QED) is 0.815. The molecule has 134 valence electrons. The number of benzene rings is 1. The van der Waals surface area contributed by atoms with E-state index in [9.17, 15) is 18.0 Å². The first-order valence-corrected chi connectivity index (χ1v) is 8.00. The van der Waals surface area contributed by atoms with E-state index in [2.05, 4.69) is 4.98 Å². The Labute approximate surface area is 145 Å². The largest absolute Gasteiger partial charge is 0.416 e. The minimum Gasteiger partial charge on any atom is -0.342 e. The third-order valence-corrected chi connectivity index (χ3v) is 4.20. The summed E-state index contributed by atoms with van der Waals surface area (Å²) in [6.07, 6.45) is -2.49. The lowest BCUT2D eigenvalue weighted by atomic mass is 10.0. The number of carbonyl (C=O) groups excluding carboxylic acids is 1. The summed E-state index contributed by atoms with van der Waals surface area (Å²) in [5.74, 6) is -0.350. The third-order valence-electron chi connectivity index (χ3n) is 4.20. The highest BCUT2D eigenvalue weighted by molar-refractivity contribution is 5.79. The first kappa shape index (κ1) is 19.0. The molecule has 0 radical (unpaired) electrons. The van der Waals surface area contributed by atoms with Crippen LogP contribution in [0.1, 0.15) is 29.3 Å². The monoisotopic (exact) mass is 350 g/mol. The van der Waals surface area contributed by atoms with E-state index in [1.165, 1.54) is 23.1 Å². The van der Waals surface area contributed by atoms with Gasteiger partial charge in [0.15, 0.2) is 0 Å². The van der Waals surface area contributed by atoms with Gasteiger partial charge in [-0.2, -0.15) is 13.2 Å². The second-order valence-corrected chi connectivity index (χ2v) is 6.21. The Balaban J connectivity index is 2.08. The first-order chi connectivity index (χ1) is 11.7. The molecular weight excluding hydrogens is 329 g/mol. The van der Waals surface area contributed by atoms with Crippen LogP contribution in [0.3, 0.4) is 0 Å². The number of aryl methyl sites for hydroxylation is 1. The SMILES string of the molecule is Cc1ccnc(CC(C)N(C)C(=O)Cc2ccccc2C(F)(F)F)c1. The molecule has 3 nitrogen and oxygen atoms in total. The fourth-order valence-electron chi connectivity index (χ4n) is 2.63. The zero-order chi connectivity index (χ0) is 18.6. The summed E-state index contributed by atoms with van der Waals surface area (Å²) >= 11 is 0. The van der Waals surface area contributed by atoms with Crippen molar-refractivity contribution in [3.05, 3.63) is 65.0 Å². The zero-order valence-corrected chi connectivity index (χ0v) is 14.5. The second kappa shape index (κ2) is 7.68. The van der Waals surface area contributed by atoms with Crippen molar-refractivity contribution in [2.75, 3.05) is 7.05 Å². The number of alkyl halides is 3. The highest BCUT2D eigenvalue weighted by Gasteiger charge is 2.33. The summed E-state index contributed by atoms with van der Waals surface area (Å²) in [4.78, 5) is 18.2. The van der Waals surface area contributed by atoms with E-state index < -0.39 is 11.7 Å². The van der Waals surface area contributed by atoms with E-state index in [0.717, 1.165) is 17.3 Å². The van der Waals surface area contributed by atoms with Crippen molar-refractivity contribution in [3.63, 3.8) is 0 Å². The minimum atomic E-state index is -4.47. The molecule has 1 amide bonds. The molecule has 1 atom stereocenters. The molecule has 0 spiro atoms. The van der Waals surface area contributed by atoms with Crippen molar-refractivity contribution in [1.82, 2.24) is 9.88 Å². The van der Waals surface area contributed by atoms with Gasteiger partial charge in [0.05, 0.1) is 12.0 Å². The van der Waals surface area contributed by atoms with Crippen molar-refractivity contribution in [1.29, 1.82) is 0 Å². The van der Waals surface area contributed by atoms with Crippen LogP contribution in [0, 0.1) is 6.92 Å². The lowest BCUT2D eigenvalue weighted by molar-refractivity contribution is -0.138. The molecule has 0 aliphatic heterocycles. The predicted octanol–water partition coefficient (Wildman–Crippen LogP) is 4.04. The summed E-state index contributed by atoms with van der Waals surface area (Å²) in [7, 11) is 1.61. The maximum absolute atomic E-state index is 13.1. The van der Waals surface area contributed by atoms with Gasteiger partial charge < -0.3 is 4.90 Å². The van der Waals surface area contributed by atoms with Crippen molar-refractivity contribution in [3.8, 4) is 0 Å². The predicted molar refractivity (Wildman–Crippen MR) is 90.1 cm³/mol. The van der Waals surface area contributed by atoms with Crippen molar-refractivity contribution in [2.24, 2.45) is 0 Å². The van der Waals surface area contributed by atoms with Crippen LogP contribution in [0.25, 0.3) is 0 Å². The number of nitrogens with zero attached hydrogens (tertiary/aromatic N) is 2. The topological polar surface area (TPSA) is 33.2 Å². The van der Waals surface area contributed by atoms with Gasteiger partial charge in [-0.05, 0) is 43.2 Å². The first-order valence-electron chi connectivity index (χ1n) is 8.00. The van der Waals surface area contributed by atoms with Crippen LogP contribution in [-0.4, -0.2) is 28.9 Å². The van der Waals surface area contributed by atoms with E-state index in [0.29, 0.717) is 6.42 Å². The lowest BCUT2D eigenvalue weighted by Gasteiger charge is -2.25. The average molecular weight is 350 g/mol. The molecular formula is C19H21F3N2O. The summed E-state index contributed by atoms with van der Waals surface area (Å²) in [6.45, 7) is 3.82. The number of amides is 1. The number of halogens is 3. The molecule has 0 bridgehead atoms. The van der Waals surface area contributed by atoms with Gasteiger partial charge in [0.25, 0.3) is 0 Å². The van der Waals surface area contributed by atoms with Gasteiger partial charge in [-0.25, -0.2) is 0 Å². The lowest BCUT2D eigenvalue weighted by Crippen LogP contribution is -2.37. The fraction of sp³-hybridized carbons (Fsp3) is 0.368. The molecule has 0 N–H and O–H groups in total. The molecule has 6 heteroatoms.